The van der Waals surface area contributed by atoms with E-state index in [4.69, 9.17) is 6.42 Å². The van der Waals surface area contributed by atoms with Crippen LogP contribution in [0, 0.1) is 12.3 Å². The lowest BCUT2D eigenvalue weighted by Gasteiger charge is -2.03. The maximum Gasteiger partial charge on any atom is 0.193 e. The van der Waals surface area contributed by atoms with E-state index in [2.05, 4.69) is 5.92 Å². The van der Waals surface area contributed by atoms with Crippen molar-refractivity contribution in [1.29, 1.82) is 0 Å². The summed E-state index contributed by atoms with van der Waals surface area (Å²) >= 11 is 0. The topological polar surface area (TPSA) is 34.1 Å². The second kappa shape index (κ2) is 6.49. The Labute approximate surface area is 118 Å². The van der Waals surface area contributed by atoms with Crippen molar-refractivity contribution in [2.45, 2.75) is 12.8 Å². The van der Waals surface area contributed by atoms with Gasteiger partial charge in [0.2, 0.25) is 0 Å². The Morgan fingerprint density at radius 2 is 1.40 bits per heavy atom. The summed E-state index contributed by atoms with van der Waals surface area (Å²) in [6.45, 7) is 0. The van der Waals surface area contributed by atoms with Crippen LogP contribution in [0.3, 0.4) is 0 Å². The fourth-order valence-corrected chi connectivity index (χ4v) is 1.89. The molecule has 0 aliphatic heterocycles. The predicted octanol–water partition coefficient (Wildman–Crippen LogP) is 3.51. The van der Waals surface area contributed by atoms with Crippen molar-refractivity contribution in [2.24, 2.45) is 0 Å². The highest BCUT2D eigenvalue weighted by atomic mass is 16.1. The Balaban J connectivity index is 2.15. The molecule has 0 heterocycles. The van der Waals surface area contributed by atoms with Gasteiger partial charge in [0.1, 0.15) is 0 Å². The van der Waals surface area contributed by atoms with Crippen molar-refractivity contribution in [3.8, 4) is 12.3 Å². The van der Waals surface area contributed by atoms with Crippen LogP contribution in [0.4, 0.5) is 0 Å². The van der Waals surface area contributed by atoms with Crippen molar-refractivity contribution < 1.29 is 9.59 Å². The van der Waals surface area contributed by atoms with E-state index < -0.39 is 0 Å². The van der Waals surface area contributed by atoms with Crippen LogP contribution in [-0.2, 0) is 0 Å². The maximum absolute atomic E-state index is 12.2. The SMILES string of the molecule is C#CCCC(=O)c1ccc(C(=O)c2ccccc2)cc1. The van der Waals surface area contributed by atoms with E-state index in [0.717, 1.165) is 0 Å². The van der Waals surface area contributed by atoms with Gasteiger partial charge >= 0.3 is 0 Å². The number of hydrogen-bond acceptors (Lipinski definition) is 2. The molecule has 0 bridgehead atoms. The smallest absolute Gasteiger partial charge is 0.193 e. The van der Waals surface area contributed by atoms with Gasteiger partial charge in [-0.15, -0.1) is 12.3 Å². The van der Waals surface area contributed by atoms with Gasteiger partial charge in [-0.05, 0) is 0 Å². The van der Waals surface area contributed by atoms with Gasteiger partial charge in [0.15, 0.2) is 11.6 Å². The Kier molecular flexibility index (Phi) is 4.47. The average Bonchev–Trinajstić information content (AvgIpc) is 2.53. The molecule has 0 spiro atoms. The van der Waals surface area contributed by atoms with E-state index in [1.54, 1.807) is 36.4 Å². The molecule has 0 atom stereocenters. The van der Waals surface area contributed by atoms with Gasteiger partial charge in [-0.2, -0.15) is 0 Å². The summed E-state index contributed by atoms with van der Waals surface area (Å²) in [4.78, 5) is 24.0. The van der Waals surface area contributed by atoms with Crippen molar-refractivity contribution in [3.63, 3.8) is 0 Å². The Morgan fingerprint density at radius 1 is 0.850 bits per heavy atom. The molecule has 0 saturated heterocycles. The molecular formula is C18H14O2. The molecule has 20 heavy (non-hydrogen) atoms. The summed E-state index contributed by atoms with van der Waals surface area (Å²) < 4.78 is 0. The summed E-state index contributed by atoms with van der Waals surface area (Å²) in [7, 11) is 0. The molecule has 0 fully saturated rings. The highest BCUT2D eigenvalue weighted by Crippen LogP contribution is 2.12. The highest BCUT2D eigenvalue weighted by Gasteiger charge is 2.10. The molecule has 0 aliphatic rings. The largest absolute Gasteiger partial charge is 0.294 e. The van der Waals surface area contributed by atoms with Gasteiger partial charge in [-0.25, -0.2) is 0 Å². The number of terminal acetylenes is 1. The van der Waals surface area contributed by atoms with Gasteiger partial charge in [0.05, 0.1) is 0 Å². The van der Waals surface area contributed by atoms with E-state index in [0.29, 0.717) is 29.5 Å². The third kappa shape index (κ3) is 3.21. The van der Waals surface area contributed by atoms with Crippen LogP contribution in [0.15, 0.2) is 54.6 Å². The monoisotopic (exact) mass is 262 g/mol. The van der Waals surface area contributed by atoms with Crippen molar-refractivity contribution >= 4 is 11.6 Å². The standard InChI is InChI=1S/C18H14O2/c1-2-3-9-17(19)14-10-12-16(13-11-14)18(20)15-7-5-4-6-8-15/h1,4-8,10-13H,3,9H2. The van der Waals surface area contributed by atoms with Crippen LogP contribution in [0.5, 0.6) is 0 Å². The predicted molar refractivity (Wildman–Crippen MR) is 78.7 cm³/mol. The number of carbonyl (C=O) groups is 2. The minimum atomic E-state index is -0.0479. The van der Waals surface area contributed by atoms with Crippen LogP contribution in [0.1, 0.15) is 39.1 Å². The number of ketones is 2. The second-order valence-corrected chi connectivity index (χ2v) is 4.40. The van der Waals surface area contributed by atoms with Gasteiger partial charge < -0.3 is 0 Å². The lowest BCUT2D eigenvalue weighted by Crippen LogP contribution is -2.03. The average molecular weight is 262 g/mol. The number of rotatable bonds is 5. The molecule has 2 heteroatoms. The third-order valence-electron chi connectivity index (χ3n) is 3.00. The first-order valence-electron chi connectivity index (χ1n) is 6.39. The van der Waals surface area contributed by atoms with E-state index >= 15 is 0 Å². The van der Waals surface area contributed by atoms with Gasteiger partial charge in [-0.1, -0.05) is 54.6 Å². The minimum Gasteiger partial charge on any atom is -0.294 e. The Bertz CT molecular complexity index is 646. The molecule has 0 radical (unpaired) electrons. The summed E-state index contributed by atoms with van der Waals surface area (Å²) in [6, 6.07) is 15.8. The molecule has 2 rings (SSSR count). The van der Waals surface area contributed by atoms with E-state index in [1.165, 1.54) is 0 Å². The summed E-state index contributed by atoms with van der Waals surface area (Å²) in [5.74, 6) is 2.40. The minimum absolute atomic E-state index is 0.00154. The van der Waals surface area contributed by atoms with E-state index in [1.807, 2.05) is 18.2 Å². The van der Waals surface area contributed by atoms with Crippen LogP contribution in [0.25, 0.3) is 0 Å². The Hall–Kier alpha value is -2.66. The van der Waals surface area contributed by atoms with Crippen molar-refractivity contribution in [1.82, 2.24) is 0 Å². The quantitative estimate of drug-likeness (QED) is 0.610. The zero-order valence-corrected chi connectivity index (χ0v) is 11.0. The molecule has 98 valence electrons. The van der Waals surface area contributed by atoms with Crippen LogP contribution >= 0.6 is 0 Å². The fourth-order valence-electron chi connectivity index (χ4n) is 1.89. The highest BCUT2D eigenvalue weighted by molar-refractivity contribution is 6.09. The van der Waals surface area contributed by atoms with Gasteiger partial charge in [-0.3, -0.25) is 9.59 Å². The number of hydrogen-bond donors (Lipinski definition) is 0. The molecule has 2 aromatic carbocycles. The van der Waals surface area contributed by atoms with Crippen LogP contribution in [-0.4, -0.2) is 11.6 Å². The van der Waals surface area contributed by atoms with Crippen molar-refractivity contribution in [2.75, 3.05) is 0 Å². The molecule has 2 aromatic rings. The zero-order chi connectivity index (χ0) is 14.4. The van der Waals surface area contributed by atoms with Crippen LogP contribution in [0.2, 0.25) is 0 Å². The first-order valence-corrected chi connectivity index (χ1v) is 6.39. The summed E-state index contributed by atoms with van der Waals surface area (Å²) in [5.41, 5.74) is 1.80. The third-order valence-corrected chi connectivity index (χ3v) is 3.00. The summed E-state index contributed by atoms with van der Waals surface area (Å²) in [5, 5.41) is 0. The van der Waals surface area contributed by atoms with E-state index in [-0.39, 0.29) is 11.6 Å². The maximum atomic E-state index is 12.2. The van der Waals surface area contributed by atoms with E-state index in [9.17, 15) is 9.59 Å². The number of benzene rings is 2. The second-order valence-electron chi connectivity index (χ2n) is 4.40. The summed E-state index contributed by atoms with van der Waals surface area (Å²) in [6.07, 6.45) is 5.91. The Morgan fingerprint density at radius 3 is 2.00 bits per heavy atom. The molecule has 2 nitrogen and oxygen atoms in total. The van der Waals surface area contributed by atoms with Crippen molar-refractivity contribution in [3.05, 3.63) is 71.3 Å². The normalized spacial score (nSPS) is 9.75. The molecule has 0 unspecified atom stereocenters. The molecular weight excluding hydrogens is 248 g/mol. The van der Waals surface area contributed by atoms with Gasteiger partial charge in [0.25, 0.3) is 0 Å². The fraction of sp³-hybridized carbons (Fsp3) is 0.111. The lowest BCUT2D eigenvalue weighted by molar-refractivity contribution is 0.0982. The number of carbonyl (C=O) groups excluding carboxylic acids is 2. The van der Waals surface area contributed by atoms with Gasteiger partial charge in [0, 0.05) is 29.5 Å². The van der Waals surface area contributed by atoms with Crippen LogP contribution < -0.4 is 0 Å². The molecule has 0 amide bonds. The number of Topliss-reactive ketones (excluding diaryl/α,β-unsaturated/α-hetero) is 1. The zero-order valence-electron chi connectivity index (χ0n) is 11.0. The first kappa shape index (κ1) is 13.8. The molecule has 0 saturated carbocycles. The molecule has 0 aliphatic carbocycles. The molecule has 0 N–H and O–H groups in total. The lowest BCUT2D eigenvalue weighted by atomic mass is 10.00. The first-order chi connectivity index (χ1) is 9.72. The molecule has 0 aromatic heterocycles.